The number of hydrogen-bond acceptors (Lipinski definition) is 2. The molecule has 2 atom stereocenters. The molecule has 0 bridgehead atoms. The molecule has 0 aliphatic carbocycles. The standard InChI is InChI=1S/C16H25NO/c1-12-9-10-13(18-12)11-17-15-8-6-5-7-14(15)16(2,3)4/h5-8,12-13,17H,9-11H2,1-4H3. The largest absolute Gasteiger partial charge is 0.382 e. The van der Waals surface area contributed by atoms with Crippen LogP contribution in [0.4, 0.5) is 5.69 Å². The van der Waals surface area contributed by atoms with Gasteiger partial charge < -0.3 is 10.1 Å². The first-order valence-electron chi connectivity index (χ1n) is 6.95. The minimum absolute atomic E-state index is 0.174. The van der Waals surface area contributed by atoms with Crippen molar-refractivity contribution in [3.8, 4) is 0 Å². The number of rotatable bonds is 3. The average Bonchev–Trinajstić information content (AvgIpc) is 2.72. The summed E-state index contributed by atoms with van der Waals surface area (Å²) >= 11 is 0. The van der Waals surface area contributed by atoms with E-state index in [1.54, 1.807) is 0 Å². The Morgan fingerprint density at radius 1 is 1.22 bits per heavy atom. The van der Waals surface area contributed by atoms with Crippen molar-refractivity contribution in [2.24, 2.45) is 0 Å². The molecule has 18 heavy (non-hydrogen) atoms. The Morgan fingerprint density at radius 3 is 2.56 bits per heavy atom. The molecule has 0 radical (unpaired) electrons. The first-order valence-corrected chi connectivity index (χ1v) is 6.95. The van der Waals surface area contributed by atoms with Crippen molar-refractivity contribution in [3.63, 3.8) is 0 Å². The summed E-state index contributed by atoms with van der Waals surface area (Å²) in [5.41, 5.74) is 2.79. The molecule has 1 aliphatic heterocycles. The predicted molar refractivity (Wildman–Crippen MR) is 77.2 cm³/mol. The van der Waals surface area contributed by atoms with Gasteiger partial charge >= 0.3 is 0 Å². The van der Waals surface area contributed by atoms with Gasteiger partial charge in [0.2, 0.25) is 0 Å². The van der Waals surface area contributed by atoms with Crippen molar-refractivity contribution in [2.75, 3.05) is 11.9 Å². The van der Waals surface area contributed by atoms with Crippen LogP contribution in [0, 0.1) is 0 Å². The SMILES string of the molecule is CC1CCC(CNc2ccccc2C(C)(C)C)O1. The van der Waals surface area contributed by atoms with E-state index in [1.165, 1.54) is 24.1 Å². The van der Waals surface area contributed by atoms with Gasteiger partial charge in [-0.25, -0.2) is 0 Å². The van der Waals surface area contributed by atoms with Crippen LogP contribution in [0.1, 0.15) is 46.1 Å². The highest BCUT2D eigenvalue weighted by atomic mass is 16.5. The summed E-state index contributed by atoms with van der Waals surface area (Å²) in [5, 5.41) is 3.56. The van der Waals surface area contributed by atoms with E-state index in [4.69, 9.17) is 4.74 Å². The molecule has 1 aromatic rings. The van der Waals surface area contributed by atoms with Gasteiger partial charge in [-0.2, -0.15) is 0 Å². The molecule has 1 heterocycles. The van der Waals surface area contributed by atoms with Gasteiger partial charge in [0.1, 0.15) is 0 Å². The zero-order valence-electron chi connectivity index (χ0n) is 12.0. The summed E-state index contributed by atoms with van der Waals surface area (Å²) < 4.78 is 5.85. The number of hydrogen-bond donors (Lipinski definition) is 1. The average molecular weight is 247 g/mol. The summed E-state index contributed by atoms with van der Waals surface area (Å²) in [6.07, 6.45) is 3.15. The highest BCUT2D eigenvalue weighted by molar-refractivity contribution is 5.54. The van der Waals surface area contributed by atoms with E-state index in [0.29, 0.717) is 12.2 Å². The molecule has 1 saturated heterocycles. The molecule has 2 nitrogen and oxygen atoms in total. The van der Waals surface area contributed by atoms with Gasteiger partial charge in [-0.05, 0) is 36.8 Å². The molecule has 2 rings (SSSR count). The lowest BCUT2D eigenvalue weighted by molar-refractivity contribution is 0.0637. The lowest BCUT2D eigenvalue weighted by Crippen LogP contribution is -2.22. The maximum absolute atomic E-state index is 5.85. The number of nitrogens with one attached hydrogen (secondary N) is 1. The minimum Gasteiger partial charge on any atom is -0.382 e. The summed E-state index contributed by atoms with van der Waals surface area (Å²) in [4.78, 5) is 0. The second kappa shape index (κ2) is 5.31. The Hall–Kier alpha value is -1.02. The molecular weight excluding hydrogens is 222 g/mol. The van der Waals surface area contributed by atoms with E-state index in [9.17, 15) is 0 Å². The molecule has 0 saturated carbocycles. The fraction of sp³-hybridized carbons (Fsp3) is 0.625. The number of anilines is 1. The zero-order chi connectivity index (χ0) is 13.2. The van der Waals surface area contributed by atoms with Crippen LogP contribution in [0.15, 0.2) is 24.3 Å². The topological polar surface area (TPSA) is 21.3 Å². The quantitative estimate of drug-likeness (QED) is 0.873. The number of para-hydroxylation sites is 1. The van der Waals surface area contributed by atoms with Gasteiger partial charge in [0.25, 0.3) is 0 Å². The Bertz CT molecular complexity index is 394. The lowest BCUT2D eigenvalue weighted by Gasteiger charge is -2.24. The Labute approximate surface area is 111 Å². The summed E-state index contributed by atoms with van der Waals surface area (Å²) in [5.74, 6) is 0. The van der Waals surface area contributed by atoms with Gasteiger partial charge in [-0.3, -0.25) is 0 Å². The van der Waals surface area contributed by atoms with Gasteiger partial charge in [0, 0.05) is 12.2 Å². The molecule has 1 fully saturated rings. The summed E-state index contributed by atoms with van der Waals surface area (Å²) in [6, 6.07) is 8.58. The van der Waals surface area contributed by atoms with Crippen LogP contribution in [0.25, 0.3) is 0 Å². The van der Waals surface area contributed by atoms with Crippen LogP contribution in [0.3, 0.4) is 0 Å². The predicted octanol–water partition coefficient (Wildman–Crippen LogP) is 3.96. The van der Waals surface area contributed by atoms with Crippen LogP contribution < -0.4 is 5.32 Å². The first kappa shape index (κ1) is 13.4. The normalized spacial score (nSPS) is 24.2. The molecule has 2 unspecified atom stereocenters. The van der Waals surface area contributed by atoms with E-state index in [-0.39, 0.29) is 5.41 Å². The maximum Gasteiger partial charge on any atom is 0.0751 e. The third-order valence-electron chi connectivity index (χ3n) is 3.58. The van der Waals surface area contributed by atoms with Crippen molar-refractivity contribution >= 4 is 5.69 Å². The van der Waals surface area contributed by atoms with Gasteiger partial charge in [0.05, 0.1) is 12.2 Å². The number of ether oxygens (including phenoxy) is 1. The van der Waals surface area contributed by atoms with E-state index < -0.39 is 0 Å². The Balaban J connectivity index is 2.01. The highest BCUT2D eigenvalue weighted by Gasteiger charge is 2.22. The van der Waals surface area contributed by atoms with E-state index in [0.717, 1.165) is 6.54 Å². The molecule has 1 aromatic carbocycles. The minimum atomic E-state index is 0.174. The van der Waals surface area contributed by atoms with Crippen molar-refractivity contribution in [2.45, 2.75) is 58.2 Å². The molecule has 2 heteroatoms. The number of benzene rings is 1. The Kier molecular flexibility index (Phi) is 3.96. The van der Waals surface area contributed by atoms with Crippen molar-refractivity contribution in [1.82, 2.24) is 0 Å². The molecular formula is C16H25NO. The zero-order valence-corrected chi connectivity index (χ0v) is 12.0. The van der Waals surface area contributed by atoms with Crippen LogP contribution in [-0.2, 0) is 10.2 Å². The fourth-order valence-electron chi connectivity index (χ4n) is 2.55. The molecule has 1 N–H and O–H groups in total. The van der Waals surface area contributed by atoms with Crippen LogP contribution in [0.5, 0.6) is 0 Å². The Morgan fingerprint density at radius 2 is 1.94 bits per heavy atom. The van der Waals surface area contributed by atoms with Gasteiger partial charge in [-0.1, -0.05) is 39.0 Å². The third-order valence-corrected chi connectivity index (χ3v) is 3.58. The van der Waals surface area contributed by atoms with Crippen LogP contribution in [0.2, 0.25) is 0 Å². The smallest absolute Gasteiger partial charge is 0.0751 e. The van der Waals surface area contributed by atoms with Crippen molar-refractivity contribution < 1.29 is 4.74 Å². The monoisotopic (exact) mass is 247 g/mol. The molecule has 0 aromatic heterocycles. The molecule has 1 aliphatic rings. The maximum atomic E-state index is 5.85. The molecule has 0 amide bonds. The van der Waals surface area contributed by atoms with Crippen molar-refractivity contribution in [1.29, 1.82) is 0 Å². The van der Waals surface area contributed by atoms with Gasteiger partial charge in [0.15, 0.2) is 0 Å². The van der Waals surface area contributed by atoms with E-state index >= 15 is 0 Å². The summed E-state index contributed by atoms with van der Waals surface area (Å²) in [7, 11) is 0. The highest BCUT2D eigenvalue weighted by Crippen LogP contribution is 2.29. The van der Waals surface area contributed by atoms with Crippen LogP contribution >= 0.6 is 0 Å². The molecule has 100 valence electrons. The third kappa shape index (κ3) is 3.26. The van der Waals surface area contributed by atoms with Gasteiger partial charge in [-0.15, -0.1) is 0 Å². The van der Waals surface area contributed by atoms with E-state index in [2.05, 4.69) is 57.3 Å². The van der Waals surface area contributed by atoms with Crippen molar-refractivity contribution in [3.05, 3.63) is 29.8 Å². The second-order valence-electron chi connectivity index (χ2n) is 6.32. The summed E-state index contributed by atoms with van der Waals surface area (Å²) in [6.45, 7) is 9.82. The fourth-order valence-corrected chi connectivity index (χ4v) is 2.55. The lowest BCUT2D eigenvalue weighted by atomic mass is 9.86. The molecule has 0 spiro atoms. The second-order valence-corrected chi connectivity index (χ2v) is 6.32. The van der Waals surface area contributed by atoms with E-state index in [1.807, 2.05) is 0 Å². The first-order chi connectivity index (χ1) is 8.47. The van der Waals surface area contributed by atoms with Crippen LogP contribution in [-0.4, -0.2) is 18.8 Å².